The Bertz CT molecular complexity index is 369. The van der Waals surface area contributed by atoms with E-state index in [0.29, 0.717) is 31.4 Å². The van der Waals surface area contributed by atoms with Crippen LogP contribution in [0.3, 0.4) is 0 Å². The van der Waals surface area contributed by atoms with E-state index in [2.05, 4.69) is 19.2 Å². The molecule has 1 aliphatic rings. The summed E-state index contributed by atoms with van der Waals surface area (Å²) in [6.07, 6.45) is 1.33. The van der Waals surface area contributed by atoms with Crippen LogP contribution >= 0.6 is 0 Å². The molecule has 1 saturated heterocycles. The summed E-state index contributed by atoms with van der Waals surface area (Å²) in [6, 6.07) is 0. The summed E-state index contributed by atoms with van der Waals surface area (Å²) in [5, 5.41) is 12.9. The zero-order chi connectivity index (χ0) is 15.2. The molecule has 1 rings (SSSR count). The van der Waals surface area contributed by atoms with Gasteiger partial charge in [-0.3, -0.25) is 0 Å². The lowest BCUT2D eigenvalue weighted by Crippen LogP contribution is -2.34. The molecule has 0 aromatic carbocycles. The lowest BCUT2D eigenvalue weighted by Gasteiger charge is -2.19. The van der Waals surface area contributed by atoms with Crippen LogP contribution in [0.15, 0.2) is 0 Å². The van der Waals surface area contributed by atoms with E-state index in [1.54, 1.807) is 0 Å². The summed E-state index contributed by atoms with van der Waals surface area (Å²) in [5.74, 6) is 1.35. The van der Waals surface area contributed by atoms with Crippen LogP contribution in [0, 0.1) is 11.8 Å². The number of aliphatic hydroxyl groups is 1. The second-order valence-electron chi connectivity index (χ2n) is 6.35. The Labute approximate surface area is 123 Å². The largest absolute Gasteiger partial charge is 0.389 e. The molecule has 0 spiro atoms. The molecule has 1 fully saturated rings. The van der Waals surface area contributed by atoms with Crippen molar-refractivity contribution in [1.82, 2.24) is 5.32 Å². The topological polar surface area (TPSA) is 75.6 Å². The molecule has 3 unspecified atom stereocenters. The Hall–Kier alpha value is -0.170. The summed E-state index contributed by atoms with van der Waals surface area (Å²) >= 11 is 0. The number of hydrogen-bond donors (Lipinski definition) is 2. The maximum Gasteiger partial charge on any atom is 0.150 e. The number of aliphatic hydroxyl groups excluding tert-OH is 1. The normalized spacial score (nSPS) is 24.9. The Morgan fingerprint density at radius 1 is 1.35 bits per heavy atom. The minimum atomic E-state index is -2.81. The van der Waals surface area contributed by atoms with Gasteiger partial charge in [-0.25, -0.2) is 8.42 Å². The lowest BCUT2D eigenvalue weighted by molar-refractivity contribution is -0.00862. The Morgan fingerprint density at radius 3 is 2.60 bits per heavy atom. The standard InChI is InChI=1S/C14H29NO4S/c1-11(2)6-12(3)19-9-14(16)8-15-7-13-4-5-20(17,18)10-13/h11-16H,4-10H2,1-3H3. The van der Waals surface area contributed by atoms with Gasteiger partial charge in [-0.2, -0.15) is 0 Å². The van der Waals surface area contributed by atoms with E-state index in [9.17, 15) is 13.5 Å². The molecule has 0 bridgehead atoms. The number of ether oxygens (including phenoxy) is 1. The number of rotatable bonds is 9. The molecule has 0 aromatic rings. The van der Waals surface area contributed by atoms with E-state index in [-0.39, 0.29) is 17.8 Å². The zero-order valence-electron chi connectivity index (χ0n) is 12.8. The number of nitrogens with one attached hydrogen (secondary N) is 1. The van der Waals surface area contributed by atoms with Crippen molar-refractivity contribution in [2.75, 3.05) is 31.2 Å². The van der Waals surface area contributed by atoms with Gasteiger partial charge in [-0.15, -0.1) is 0 Å². The van der Waals surface area contributed by atoms with Gasteiger partial charge in [0.1, 0.15) is 0 Å². The third-order valence-electron chi connectivity index (χ3n) is 3.52. The zero-order valence-corrected chi connectivity index (χ0v) is 13.7. The lowest BCUT2D eigenvalue weighted by atomic mass is 10.1. The molecule has 6 heteroatoms. The highest BCUT2D eigenvalue weighted by atomic mass is 32.2. The highest BCUT2D eigenvalue weighted by molar-refractivity contribution is 7.91. The van der Waals surface area contributed by atoms with Crippen LogP contribution in [0.1, 0.15) is 33.6 Å². The van der Waals surface area contributed by atoms with Crippen LogP contribution in [0.2, 0.25) is 0 Å². The highest BCUT2D eigenvalue weighted by Crippen LogP contribution is 2.17. The van der Waals surface area contributed by atoms with Gasteiger partial charge in [0.15, 0.2) is 9.84 Å². The quantitative estimate of drug-likeness (QED) is 0.660. The van der Waals surface area contributed by atoms with E-state index in [1.807, 2.05) is 6.92 Å². The average Bonchev–Trinajstić information content (AvgIpc) is 2.65. The molecule has 1 aliphatic heterocycles. The van der Waals surface area contributed by atoms with E-state index in [0.717, 1.165) is 12.8 Å². The van der Waals surface area contributed by atoms with Crippen molar-refractivity contribution < 1.29 is 18.3 Å². The molecule has 0 aromatic heterocycles. The van der Waals surface area contributed by atoms with E-state index >= 15 is 0 Å². The Kier molecular flexibility index (Phi) is 7.43. The van der Waals surface area contributed by atoms with E-state index < -0.39 is 15.9 Å². The first-order valence-corrected chi connectivity index (χ1v) is 9.31. The van der Waals surface area contributed by atoms with Crippen molar-refractivity contribution in [2.45, 2.75) is 45.8 Å². The predicted molar refractivity (Wildman–Crippen MR) is 80.5 cm³/mol. The van der Waals surface area contributed by atoms with Crippen molar-refractivity contribution in [1.29, 1.82) is 0 Å². The molecular formula is C14H29NO4S. The maximum absolute atomic E-state index is 11.3. The Morgan fingerprint density at radius 2 is 2.05 bits per heavy atom. The molecule has 120 valence electrons. The van der Waals surface area contributed by atoms with E-state index in [1.165, 1.54) is 0 Å². The van der Waals surface area contributed by atoms with Crippen LogP contribution in [-0.2, 0) is 14.6 Å². The third-order valence-corrected chi connectivity index (χ3v) is 5.35. The summed E-state index contributed by atoms with van der Waals surface area (Å²) in [5.41, 5.74) is 0. The van der Waals surface area contributed by atoms with Gasteiger partial charge in [0, 0.05) is 6.54 Å². The van der Waals surface area contributed by atoms with Gasteiger partial charge in [0.05, 0.1) is 30.3 Å². The second-order valence-corrected chi connectivity index (χ2v) is 8.58. The number of sulfone groups is 1. The summed E-state index contributed by atoms with van der Waals surface area (Å²) in [4.78, 5) is 0. The fourth-order valence-corrected chi connectivity index (χ4v) is 4.42. The molecule has 2 N–H and O–H groups in total. The van der Waals surface area contributed by atoms with Crippen LogP contribution in [-0.4, -0.2) is 56.9 Å². The minimum Gasteiger partial charge on any atom is -0.389 e. The molecule has 20 heavy (non-hydrogen) atoms. The summed E-state index contributed by atoms with van der Waals surface area (Å²) < 4.78 is 28.2. The van der Waals surface area contributed by atoms with Gasteiger partial charge in [-0.05, 0) is 38.1 Å². The predicted octanol–water partition coefficient (Wildman–Crippen LogP) is 0.823. The monoisotopic (exact) mass is 307 g/mol. The smallest absolute Gasteiger partial charge is 0.150 e. The van der Waals surface area contributed by atoms with Gasteiger partial charge in [0.2, 0.25) is 0 Å². The first-order chi connectivity index (χ1) is 9.28. The fraction of sp³-hybridized carbons (Fsp3) is 1.00. The van der Waals surface area contributed by atoms with Gasteiger partial charge in [-0.1, -0.05) is 13.8 Å². The van der Waals surface area contributed by atoms with Crippen molar-refractivity contribution in [2.24, 2.45) is 11.8 Å². The minimum absolute atomic E-state index is 0.157. The summed E-state index contributed by atoms with van der Waals surface area (Å²) in [7, 11) is -2.81. The molecule has 3 atom stereocenters. The fourth-order valence-electron chi connectivity index (χ4n) is 2.55. The van der Waals surface area contributed by atoms with Crippen LogP contribution in [0.4, 0.5) is 0 Å². The molecule has 1 heterocycles. The second kappa shape index (κ2) is 8.32. The van der Waals surface area contributed by atoms with Gasteiger partial charge >= 0.3 is 0 Å². The number of hydrogen-bond acceptors (Lipinski definition) is 5. The first-order valence-electron chi connectivity index (χ1n) is 7.49. The van der Waals surface area contributed by atoms with Crippen molar-refractivity contribution >= 4 is 9.84 Å². The molecule has 0 saturated carbocycles. The molecule has 0 radical (unpaired) electrons. The Balaban J connectivity index is 2.07. The van der Waals surface area contributed by atoms with E-state index in [4.69, 9.17) is 4.74 Å². The maximum atomic E-state index is 11.3. The highest BCUT2D eigenvalue weighted by Gasteiger charge is 2.27. The average molecular weight is 307 g/mol. The summed E-state index contributed by atoms with van der Waals surface area (Å²) in [6.45, 7) is 7.73. The van der Waals surface area contributed by atoms with Crippen LogP contribution in [0.25, 0.3) is 0 Å². The molecule has 5 nitrogen and oxygen atoms in total. The SMILES string of the molecule is CC(C)CC(C)OCC(O)CNCC1CCS(=O)(=O)C1. The third kappa shape index (κ3) is 7.57. The van der Waals surface area contributed by atoms with Crippen molar-refractivity contribution in [3.05, 3.63) is 0 Å². The van der Waals surface area contributed by atoms with Gasteiger partial charge in [0.25, 0.3) is 0 Å². The van der Waals surface area contributed by atoms with Crippen LogP contribution < -0.4 is 5.32 Å². The molecule has 0 amide bonds. The first kappa shape index (κ1) is 17.9. The van der Waals surface area contributed by atoms with Gasteiger partial charge < -0.3 is 15.2 Å². The van der Waals surface area contributed by atoms with Crippen LogP contribution in [0.5, 0.6) is 0 Å². The van der Waals surface area contributed by atoms with Crippen molar-refractivity contribution in [3.8, 4) is 0 Å². The molecule has 0 aliphatic carbocycles. The molecular weight excluding hydrogens is 278 g/mol. The van der Waals surface area contributed by atoms with Crippen molar-refractivity contribution in [3.63, 3.8) is 0 Å².